The molecule has 1 aromatic carbocycles. The van der Waals surface area contributed by atoms with Gasteiger partial charge in [0.2, 0.25) is 0 Å². The highest BCUT2D eigenvalue weighted by molar-refractivity contribution is 7.17. The van der Waals surface area contributed by atoms with E-state index in [1.54, 1.807) is 14.0 Å². The molecule has 2 aromatic rings. The number of thiazole rings is 1. The lowest BCUT2D eigenvalue weighted by Gasteiger charge is -2.08. The van der Waals surface area contributed by atoms with Crippen LogP contribution in [0.2, 0.25) is 0 Å². The molecular formula is C15H18N2O3S. The van der Waals surface area contributed by atoms with Gasteiger partial charge in [-0.3, -0.25) is 0 Å². The molecule has 112 valence electrons. The number of aromatic nitrogens is 1. The molecule has 21 heavy (non-hydrogen) atoms. The van der Waals surface area contributed by atoms with Crippen LogP contribution in [0.5, 0.6) is 5.75 Å². The number of anilines is 1. The quantitative estimate of drug-likeness (QED) is 0.832. The largest absolute Gasteiger partial charge is 0.496 e. The van der Waals surface area contributed by atoms with Gasteiger partial charge in [0.1, 0.15) is 10.6 Å². The fraction of sp³-hybridized carbons (Fsp3) is 0.333. The van der Waals surface area contributed by atoms with E-state index in [0.717, 1.165) is 22.9 Å². The van der Waals surface area contributed by atoms with Crippen molar-refractivity contribution in [1.82, 2.24) is 4.98 Å². The Labute approximate surface area is 127 Å². The van der Waals surface area contributed by atoms with Gasteiger partial charge < -0.3 is 14.8 Å². The lowest BCUT2D eigenvalue weighted by molar-refractivity contribution is 0.0605. The average molecular weight is 306 g/mol. The van der Waals surface area contributed by atoms with Crippen LogP contribution in [0.1, 0.15) is 20.9 Å². The topological polar surface area (TPSA) is 60.5 Å². The summed E-state index contributed by atoms with van der Waals surface area (Å²) in [5.74, 6) is 0.535. The number of benzene rings is 1. The second-order valence-corrected chi connectivity index (χ2v) is 5.41. The van der Waals surface area contributed by atoms with Crippen molar-refractivity contribution in [3.8, 4) is 5.75 Å². The third kappa shape index (κ3) is 3.72. The van der Waals surface area contributed by atoms with E-state index in [-0.39, 0.29) is 5.97 Å². The third-order valence-electron chi connectivity index (χ3n) is 3.03. The van der Waals surface area contributed by atoms with E-state index >= 15 is 0 Å². The summed E-state index contributed by atoms with van der Waals surface area (Å²) < 4.78 is 10.0. The Kier molecular flexibility index (Phi) is 5.16. The summed E-state index contributed by atoms with van der Waals surface area (Å²) in [6.45, 7) is 2.52. The molecular weight excluding hydrogens is 288 g/mol. The molecule has 0 aliphatic rings. The van der Waals surface area contributed by atoms with E-state index in [4.69, 9.17) is 9.47 Å². The maximum atomic E-state index is 11.5. The van der Waals surface area contributed by atoms with Crippen LogP contribution in [0.25, 0.3) is 0 Å². The number of nitrogens with one attached hydrogen (secondary N) is 1. The number of methoxy groups -OCH3 is 2. The van der Waals surface area contributed by atoms with Crippen molar-refractivity contribution in [2.45, 2.75) is 13.3 Å². The lowest BCUT2D eigenvalue weighted by atomic mass is 10.1. The average Bonchev–Trinajstić information content (AvgIpc) is 2.88. The highest BCUT2D eigenvalue weighted by atomic mass is 32.1. The van der Waals surface area contributed by atoms with Gasteiger partial charge in [0.05, 0.1) is 19.9 Å². The van der Waals surface area contributed by atoms with Crippen molar-refractivity contribution < 1.29 is 14.3 Å². The molecule has 0 spiro atoms. The van der Waals surface area contributed by atoms with Crippen molar-refractivity contribution >= 4 is 22.4 Å². The first-order chi connectivity index (χ1) is 10.2. The Hall–Kier alpha value is -2.08. The molecule has 5 nitrogen and oxygen atoms in total. The van der Waals surface area contributed by atoms with Gasteiger partial charge in [-0.25, -0.2) is 9.78 Å². The van der Waals surface area contributed by atoms with Crippen molar-refractivity contribution in [2.24, 2.45) is 0 Å². The Morgan fingerprint density at radius 3 is 2.81 bits per heavy atom. The van der Waals surface area contributed by atoms with E-state index in [2.05, 4.69) is 10.3 Å². The van der Waals surface area contributed by atoms with Crippen LogP contribution in [0.15, 0.2) is 24.3 Å². The summed E-state index contributed by atoms with van der Waals surface area (Å²) in [6.07, 6.45) is 0.816. The van der Waals surface area contributed by atoms with Gasteiger partial charge in [0.15, 0.2) is 5.13 Å². The van der Waals surface area contributed by atoms with Crippen LogP contribution in [-0.4, -0.2) is 31.7 Å². The van der Waals surface area contributed by atoms with E-state index in [1.165, 1.54) is 18.4 Å². The standard InChI is InChI=1S/C15H18N2O3S/c1-10-13(14(18)20-3)21-15(17-10)16-9-8-11-6-4-5-7-12(11)19-2/h4-7H,8-9H2,1-3H3,(H,16,17). The summed E-state index contributed by atoms with van der Waals surface area (Å²) in [5, 5.41) is 3.95. The van der Waals surface area contributed by atoms with Crippen LogP contribution in [-0.2, 0) is 11.2 Å². The predicted octanol–water partition coefficient (Wildman–Crippen LogP) is 2.90. The number of hydrogen-bond donors (Lipinski definition) is 1. The van der Waals surface area contributed by atoms with Gasteiger partial charge >= 0.3 is 5.97 Å². The van der Waals surface area contributed by atoms with Crippen molar-refractivity contribution in [3.63, 3.8) is 0 Å². The summed E-state index contributed by atoms with van der Waals surface area (Å²) in [5.41, 5.74) is 1.82. The second kappa shape index (κ2) is 7.08. The van der Waals surface area contributed by atoms with E-state index in [9.17, 15) is 4.79 Å². The Balaban J connectivity index is 1.96. The monoisotopic (exact) mass is 306 g/mol. The number of rotatable bonds is 6. The van der Waals surface area contributed by atoms with Crippen LogP contribution >= 0.6 is 11.3 Å². The first kappa shape index (κ1) is 15.3. The first-order valence-electron chi connectivity index (χ1n) is 6.57. The zero-order valence-corrected chi connectivity index (χ0v) is 13.1. The minimum atomic E-state index is -0.345. The van der Waals surface area contributed by atoms with Gasteiger partial charge in [-0.05, 0) is 25.0 Å². The second-order valence-electron chi connectivity index (χ2n) is 4.41. The number of hydrogen-bond acceptors (Lipinski definition) is 6. The summed E-state index contributed by atoms with van der Waals surface area (Å²) >= 11 is 1.31. The SMILES string of the molecule is COC(=O)c1sc(NCCc2ccccc2OC)nc1C. The number of nitrogens with zero attached hydrogens (tertiary/aromatic N) is 1. The maximum absolute atomic E-state index is 11.5. The first-order valence-corrected chi connectivity index (χ1v) is 7.39. The number of ether oxygens (including phenoxy) is 2. The lowest BCUT2D eigenvalue weighted by Crippen LogP contribution is -2.05. The van der Waals surface area contributed by atoms with Crippen LogP contribution in [0.3, 0.4) is 0 Å². The zero-order chi connectivity index (χ0) is 15.2. The molecule has 0 amide bonds. The van der Waals surface area contributed by atoms with Crippen molar-refractivity contribution in [3.05, 3.63) is 40.4 Å². The zero-order valence-electron chi connectivity index (χ0n) is 12.3. The molecule has 1 heterocycles. The normalized spacial score (nSPS) is 10.2. The van der Waals surface area contributed by atoms with Crippen molar-refractivity contribution in [1.29, 1.82) is 0 Å². The van der Waals surface area contributed by atoms with E-state index in [1.807, 2.05) is 24.3 Å². The number of carbonyl (C=O) groups excluding carboxylic acids is 1. The van der Waals surface area contributed by atoms with Gasteiger partial charge in [0, 0.05) is 6.54 Å². The molecule has 0 fully saturated rings. The third-order valence-corrected chi connectivity index (χ3v) is 4.13. The fourth-order valence-electron chi connectivity index (χ4n) is 1.97. The van der Waals surface area contributed by atoms with Crippen LogP contribution in [0, 0.1) is 6.92 Å². The van der Waals surface area contributed by atoms with Gasteiger partial charge in [-0.2, -0.15) is 0 Å². The molecule has 6 heteroatoms. The highest BCUT2D eigenvalue weighted by Crippen LogP contribution is 2.23. The van der Waals surface area contributed by atoms with E-state index < -0.39 is 0 Å². The number of aryl methyl sites for hydroxylation is 1. The molecule has 0 atom stereocenters. The summed E-state index contributed by atoms with van der Waals surface area (Å²) in [4.78, 5) is 16.4. The molecule has 0 radical (unpaired) electrons. The van der Waals surface area contributed by atoms with Gasteiger partial charge in [-0.15, -0.1) is 0 Å². The van der Waals surface area contributed by atoms with Crippen LogP contribution in [0.4, 0.5) is 5.13 Å². The molecule has 0 saturated heterocycles. The smallest absolute Gasteiger partial charge is 0.350 e. The predicted molar refractivity (Wildman–Crippen MR) is 83.4 cm³/mol. The minimum Gasteiger partial charge on any atom is -0.496 e. The Morgan fingerprint density at radius 2 is 2.10 bits per heavy atom. The molecule has 1 N–H and O–H groups in total. The Bertz CT molecular complexity index is 625. The number of esters is 1. The minimum absolute atomic E-state index is 0.345. The summed E-state index contributed by atoms with van der Waals surface area (Å²) in [6, 6.07) is 7.91. The molecule has 2 rings (SSSR count). The molecule has 0 unspecified atom stereocenters. The fourth-order valence-corrected chi connectivity index (χ4v) is 2.88. The summed E-state index contributed by atoms with van der Waals surface area (Å²) in [7, 11) is 3.04. The highest BCUT2D eigenvalue weighted by Gasteiger charge is 2.15. The molecule has 0 saturated carbocycles. The van der Waals surface area contributed by atoms with Gasteiger partial charge in [0.25, 0.3) is 0 Å². The number of para-hydroxylation sites is 1. The maximum Gasteiger partial charge on any atom is 0.350 e. The van der Waals surface area contributed by atoms with Crippen LogP contribution < -0.4 is 10.1 Å². The molecule has 0 aliphatic carbocycles. The van der Waals surface area contributed by atoms with Gasteiger partial charge in [-0.1, -0.05) is 29.5 Å². The molecule has 0 aliphatic heterocycles. The van der Waals surface area contributed by atoms with E-state index in [0.29, 0.717) is 17.1 Å². The van der Waals surface area contributed by atoms with Crippen molar-refractivity contribution in [2.75, 3.05) is 26.1 Å². The molecule has 0 bridgehead atoms. The Morgan fingerprint density at radius 1 is 1.33 bits per heavy atom. The molecule has 1 aromatic heterocycles. The number of carbonyl (C=O) groups is 1.